The summed E-state index contributed by atoms with van der Waals surface area (Å²) in [6.45, 7) is -0.979. The van der Waals surface area contributed by atoms with Crippen LogP contribution in [-0.2, 0) is 21.7 Å². The number of aromatic nitrogens is 1. The Morgan fingerprint density at radius 1 is 1.22 bits per heavy atom. The fourth-order valence-electron chi connectivity index (χ4n) is 3.05. The minimum absolute atomic E-state index is 0.179. The van der Waals surface area contributed by atoms with Crippen molar-refractivity contribution >= 4 is 17.8 Å². The van der Waals surface area contributed by atoms with Gasteiger partial charge in [0.15, 0.2) is 6.61 Å². The predicted molar refractivity (Wildman–Crippen MR) is 102 cm³/mol. The van der Waals surface area contributed by atoms with E-state index in [0.717, 1.165) is 12.1 Å². The summed E-state index contributed by atoms with van der Waals surface area (Å²) < 4.78 is 54.9. The van der Waals surface area contributed by atoms with Gasteiger partial charge in [-0.1, -0.05) is 18.2 Å². The van der Waals surface area contributed by atoms with Crippen molar-refractivity contribution in [2.45, 2.75) is 25.2 Å². The molecule has 0 aliphatic carbocycles. The van der Waals surface area contributed by atoms with E-state index >= 15 is 0 Å². The van der Waals surface area contributed by atoms with Crippen molar-refractivity contribution in [2.75, 3.05) is 13.2 Å². The third kappa shape index (κ3) is 5.13. The minimum atomic E-state index is -4.56. The number of benzene rings is 1. The molecule has 1 aliphatic rings. The summed E-state index contributed by atoms with van der Waals surface area (Å²) in [5, 5.41) is 4.90. The largest absolute Gasteiger partial charge is 0.468 e. The van der Waals surface area contributed by atoms with Crippen molar-refractivity contribution in [3.8, 4) is 5.88 Å². The summed E-state index contributed by atoms with van der Waals surface area (Å²) in [5.41, 5.74) is -0.965. The first-order chi connectivity index (χ1) is 15.0. The van der Waals surface area contributed by atoms with Crippen LogP contribution in [0.2, 0.25) is 0 Å². The number of nitrogens with one attached hydrogen (secondary N) is 2. The lowest BCUT2D eigenvalue weighted by atomic mass is 9.92. The molecule has 2 N–H and O–H groups in total. The number of pyridine rings is 1. The molecule has 3 rings (SSSR count). The van der Waals surface area contributed by atoms with Crippen LogP contribution >= 0.6 is 0 Å². The first-order valence-electron chi connectivity index (χ1n) is 9.30. The topological polar surface area (TPSA) is 101 Å². The number of imide groups is 1. The van der Waals surface area contributed by atoms with Crippen LogP contribution in [0.15, 0.2) is 42.6 Å². The van der Waals surface area contributed by atoms with Gasteiger partial charge < -0.3 is 15.4 Å². The van der Waals surface area contributed by atoms with Gasteiger partial charge in [0.25, 0.3) is 5.91 Å². The normalized spacial score (nSPS) is 18.5. The predicted octanol–water partition coefficient (Wildman–Crippen LogP) is 2.25. The van der Waals surface area contributed by atoms with Crippen LogP contribution in [0, 0.1) is 5.82 Å². The Balaban J connectivity index is 1.63. The quantitative estimate of drug-likeness (QED) is 0.494. The second kappa shape index (κ2) is 8.81. The van der Waals surface area contributed by atoms with Crippen LogP contribution in [-0.4, -0.2) is 47.1 Å². The zero-order valence-electron chi connectivity index (χ0n) is 16.7. The maximum Gasteiger partial charge on any atom is 0.422 e. The first kappa shape index (κ1) is 23.0. The number of halogens is 4. The molecule has 8 nitrogen and oxygen atoms in total. The van der Waals surface area contributed by atoms with Crippen LogP contribution in [0.3, 0.4) is 0 Å². The van der Waals surface area contributed by atoms with Gasteiger partial charge in [0.2, 0.25) is 11.8 Å². The van der Waals surface area contributed by atoms with E-state index in [4.69, 9.17) is 0 Å². The van der Waals surface area contributed by atoms with Crippen LogP contribution in [0.1, 0.15) is 18.1 Å². The summed E-state index contributed by atoms with van der Waals surface area (Å²) in [4.78, 5) is 41.8. The third-order valence-electron chi connectivity index (χ3n) is 4.70. The fraction of sp³-hybridized carbons (Fsp3) is 0.300. The summed E-state index contributed by atoms with van der Waals surface area (Å²) in [5.74, 6) is -2.26. The summed E-state index contributed by atoms with van der Waals surface area (Å²) in [6.07, 6.45) is -3.32. The molecular formula is C20H18F4N4O4. The molecule has 2 heterocycles. The highest BCUT2D eigenvalue weighted by Crippen LogP contribution is 2.28. The molecule has 1 aliphatic heterocycles. The Morgan fingerprint density at radius 2 is 1.91 bits per heavy atom. The van der Waals surface area contributed by atoms with E-state index in [9.17, 15) is 31.9 Å². The lowest BCUT2D eigenvalue weighted by Crippen LogP contribution is -2.43. The van der Waals surface area contributed by atoms with Gasteiger partial charge in [-0.3, -0.25) is 14.5 Å². The van der Waals surface area contributed by atoms with Crippen molar-refractivity contribution in [1.29, 1.82) is 0 Å². The van der Waals surface area contributed by atoms with E-state index in [1.165, 1.54) is 37.4 Å². The van der Waals surface area contributed by atoms with Crippen molar-refractivity contribution in [2.24, 2.45) is 0 Å². The number of ether oxygens (including phenoxy) is 1. The SMILES string of the molecule is CC1(c2ccc(F)cc2)NC(=O)N(CC(=O)NCc2cccnc2OCC(F)(F)F)C1=O. The average Bonchev–Trinajstić information content (AvgIpc) is 2.95. The van der Waals surface area contributed by atoms with Crippen LogP contribution < -0.4 is 15.4 Å². The fourth-order valence-corrected chi connectivity index (χ4v) is 3.05. The number of carbonyl (C=O) groups excluding carboxylic acids is 3. The van der Waals surface area contributed by atoms with E-state index in [1.54, 1.807) is 0 Å². The van der Waals surface area contributed by atoms with Gasteiger partial charge in [-0.05, 0) is 30.7 Å². The second-order valence-electron chi connectivity index (χ2n) is 7.10. The highest BCUT2D eigenvalue weighted by atomic mass is 19.4. The molecular weight excluding hydrogens is 436 g/mol. The molecule has 0 saturated carbocycles. The number of hydrogen-bond acceptors (Lipinski definition) is 5. The number of alkyl halides is 3. The lowest BCUT2D eigenvalue weighted by Gasteiger charge is -2.22. The van der Waals surface area contributed by atoms with E-state index < -0.39 is 48.5 Å². The number of hydrogen-bond donors (Lipinski definition) is 2. The second-order valence-corrected chi connectivity index (χ2v) is 7.10. The van der Waals surface area contributed by atoms with E-state index in [0.29, 0.717) is 10.5 Å². The molecule has 4 amide bonds. The molecule has 170 valence electrons. The van der Waals surface area contributed by atoms with Gasteiger partial charge in [0.1, 0.15) is 17.9 Å². The zero-order chi connectivity index (χ0) is 23.5. The van der Waals surface area contributed by atoms with Crippen LogP contribution in [0.25, 0.3) is 0 Å². The lowest BCUT2D eigenvalue weighted by molar-refractivity contribution is -0.154. The molecule has 1 unspecified atom stereocenters. The van der Waals surface area contributed by atoms with Crippen molar-refractivity contribution in [1.82, 2.24) is 20.5 Å². The molecule has 1 aromatic heterocycles. The Morgan fingerprint density at radius 3 is 2.56 bits per heavy atom. The van der Waals surface area contributed by atoms with Crippen LogP contribution in [0.5, 0.6) is 5.88 Å². The molecule has 1 fully saturated rings. The number of amides is 4. The Labute approximate surface area is 179 Å². The molecule has 2 aromatic rings. The molecule has 1 aromatic carbocycles. The monoisotopic (exact) mass is 454 g/mol. The smallest absolute Gasteiger partial charge is 0.422 e. The number of carbonyl (C=O) groups is 3. The van der Waals surface area contributed by atoms with Crippen molar-refractivity contribution in [3.63, 3.8) is 0 Å². The van der Waals surface area contributed by atoms with Gasteiger partial charge in [0.05, 0.1) is 0 Å². The van der Waals surface area contributed by atoms with Gasteiger partial charge in [-0.2, -0.15) is 13.2 Å². The number of urea groups is 1. The highest BCUT2D eigenvalue weighted by Gasteiger charge is 2.49. The van der Waals surface area contributed by atoms with E-state index in [1.807, 2.05) is 0 Å². The highest BCUT2D eigenvalue weighted by molar-refractivity contribution is 6.09. The summed E-state index contributed by atoms with van der Waals surface area (Å²) >= 11 is 0. The Hall–Kier alpha value is -3.70. The third-order valence-corrected chi connectivity index (χ3v) is 4.70. The minimum Gasteiger partial charge on any atom is -0.468 e. The van der Waals surface area contributed by atoms with E-state index in [-0.39, 0.29) is 18.0 Å². The van der Waals surface area contributed by atoms with Gasteiger partial charge in [-0.15, -0.1) is 0 Å². The van der Waals surface area contributed by atoms with E-state index in [2.05, 4.69) is 20.4 Å². The van der Waals surface area contributed by atoms with Gasteiger partial charge in [0, 0.05) is 18.3 Å². The number of rotatable bonds is 7. The van der Waals surface area contributed by atoms with Crippen LogP contribution in [0.4, 0.5) is 22.4 Å². The van der Waals surface area contributed by atoms with Crippen molar-refractivity contribution < 1.29 is 36.7 Å². The molecule has 0 bridgehead atoms. The summed E-state index contributed by atoms with van der Waals surface area (Å²) in [6, 6.07) is 7.03. The molecule has 1 atom stereocenters. The molecule has 0 spiro atoms. The average molecular weight is 454 g/mol. The maximum atomic E-state index is 13.2. The van der Waals surface area contributed by atoms with Gasteiger partial charge >= 0.3 is 12.2 Å². The zero-order valence-corrected chi connectivity index (χ0v) is 16.7. The maximum absolute atomic E-state index is 13.2. The van der Waals surface area contributed by atoms with Crippen molar-refractivity contribution in [3.05, 3.63) is 59.5 Å². The molecule has 1 saturated heterocycles. The standard InChI is InChI=1S/C20H18F4N4O4/c1-19(13-4-6-14(21)7-5-13)17(30)28(18(31)27-19)10-15(29)26-9-12-3-2-8-25-16(12)32-11-20(22,23)24/h2-8H,9-11H2,1H3,(H,26,29)(H,27,31). The first-order valence-corrected chi connectivity index (χ1v) is 9.30. The molecule has 0 radical (unpaired) electrons. The summed E-state index contributed by atoms with van der Waals surface area (Å²) in [7, 11) is 0. The van der Waals surface area contributed by atoms with Gasteiger partial charge in [-0.25, -0.2) is 14.2 Å². The number of nitrogens with zero attached hydrogens (tertiary/aromatic N) is 2. The molecule has 32 heavy (non-hydrogen) atoms. The Bertz CT molecular complexity index is 1030. The molecule has 12 heteroatoms. The Kier molecular flexibility index (Phi) is 6.32.